The number of benzene rings is 2. The maximum Gasteiger partial charge on any atom is 0.255 e. The SMILES string of the molecule is COCc1cccc(C(=O)Nc2cc(C)ccc2OC)c1. The van der Waals surface area contributed by atoms with Gasteiger partial charge in [-0.2, -0.15) is 0 Å². The van der Waals surface area contributed by atoms with Gasteiger partial charge in [0.2, 0.25) is 0 Å². The number of anilines is 1. The van der Waals surface area contributed by atoms with Gasteiger partial charge in [0.25, 0.3) is 5.91 Å². The Morgan fingerprint density at radius 1 is 1.14 bits per heavy atom. The van der Waals surface area contributed by atoms with E-state index in [-0.39, 0.29) is 5.91 Å². The van der Waals surface area contributed by atoms with E-state index in [1.54, 1.807) is 20.3 Å². The lowest BCUT2D eigenvalue weighted by Gasteiger charge is -2.11. The van der Waals surface area contributed by atoms with Crippen molar-refractivity contribution in [3.8, 4) is 5.75 Å². The first kappa shape index (κ1) is 15.1. The first-order valence-corrected chi connectivity index (χ1v) is 6.68. The molecule has 0 aliphatic rings. The Morgan fingerprint density at radius 3 is 2.67 bits per heavy atom. The molecule has 2 aromatic carbocycles. The Balaban J connectivity index is 2.21. The smallest absolute Gasteiger partial charge is 0.255 e. The van der Waals surface area contributed by atoms with Crippen molar-refractivity contribution < 1.29 is 14.3 Å². The zero-order chi connectivity index (χ0) is 15.2. The average Bonchev–Trinajstić information content (AvgIpc) is 2.48. The second-order valence-electron chi connectivity index (χ2n) is 4.79. The van der Waals surface area contributed by atoms with E-state index in [1.807, 2.05) is 43.3 Å². The lowest BCUT2D eigenvalue weighted by molar-refractivity contribution is 0.102. The summed E-state index contributed by atoms with van der Waals surface area (Å²) in [6, 6.07) is 13.0. The van der Waals surface area contributed by atoms with Crippen molar-refractivity contribution in [3.05, 3.63) is 59.2 Å². The highest BCUT2D eigenvalue weighted by molar-refractivity contribution is 6.05. The average molecular weight is 285 g/mol. The second-order valence-corrected chi connectivity index (χ2v) is 4.79. The lowest BCUT2D eigenvalue weighted by Crippen LogP contribution is -2.13. The zero-order valence-electron chi connectivity index (χ0n) is 12.5. The van der Waals surface area contributed by atoms with Gasteiger partial charge in [-0.1, -0.05) is 18.2 Å². The van der Waals surface area contributed by atoms with E-state index >= 15 is 0 Å². The summed E-state index contributed by atoms with van der Waals surface area (Å²) in [5, 5.41) is 2.88. The highest BCUT2D eigenvalue weighted by Crippen LogP contribution is 2.25. The molecular weight excluding hydrogens is 266 g/mol. The van der Waals surface area contributed by atoms with Crippen LogP contribution in [0.15, 0.2) is 42.5 Å². The quantitative estimate of drug-likeness (QED) is 0.916. The number of carbonyl (C=O) groups excluding carboxylic acids is 1. The first-order chi connectivity index (χ1) is 10.1. The third-order valence-electron chi connectivity index (χ3n) is 3.10. The highest BCUT2D eigenvalue weighted by Gasteiger charge is 2.10. The van der Waals surface area contributed by atoms with E-state index in [0.717, 1.165) is 11.1 Å². The van der Waals surface area contributed by atoms with Gasteiger partial charge >= 0.3 is 0 Å². The summed E-state index contributed by atoms with van der Waals surface area (Å²) in [6.45, 7) is 2.45. The van der Waals surface area contributed by atoms with Crippen molar-refractivity contribution in [3.63, 3.8) is 0 Å². The normalized spacial score (nSPS) is 10.2. The van der Waals surface area contributed by atoms with Gasteiger partial charge in [0.15, 0.2) is 0 Å². The van der Waals surface area contributed by atoms with Crippen molar-refractivity contribution >= 4 is 11.6 Å². The standard InChI is InChI=1S/C17H19NO3/c1-12-7-8-16(21-3)15(9-12)18-17(19)14-6-4-5-13(10-14)11-20-2/h4-10H,11H2,1-3H3,(H,18,19). The molecule has 110 valence electrons. The van der Waals surface area contributed by atoms with Gasteiger partial charge in [0.1, 0.15) is 5.75 Å². The van der Waals surface area contributed by atoms with Gasteiger partial charge in [-0.15, -0.1) is 0 Å². The van der Waals surface area contributed by atoms with Gasteiger partial charge in [-0.05, 0) is 42.3 Å². The monoisotopic (exact) mass is 285 g/mol. The molecule has 0 saturated carbocycles. The fraction of sp³-hybridized carbons (Fsp3) is 0.235. The molecule has 2 aromatic rings. The number of nitrogens with one attached hydrogen (secondary N) is 1. The number of carbonyl (C=O) groups is 1. The van der Waals surface area contributed by atoms with E-state index in [4.69, 9.17) is 9.47 Å². The van der Waals surface area contributed by atoms with E-state index in [9.17, 15) is 4.79 Å². The van der Waals surface area contributed by atoms with Crippen molar-refractivity contribution in [2.24, 2.45) is 0 Å². The molecule has 0 saturated heterocycles. The predicted octanol–water partition coefficient (Wildman–Crippen LogP) is 3.40. The summed E-state index contributed by atoms with van der Waals surface area (Å²) in [4.78, 5) is 12.3. The predicted molar refractivity (Wildman–Crippen MR) is 82.8 cm³/mol. The van der Waals surface area contributed by atoms with Crippen molar-refractivity contribution in [1.82, 2.24) is 0 Å². The minimum Gasteiger partial charge on any atom is -0.495 e. The summed E-state index contributed by atoms with van der Waals surface area (Å²) >= 11 is 0. The lowest BCUT2D eigenvalue weighted by atomic mass is 10.1. The van der Waals surface area contributed by atoms with Crippen molar-refractivity contribution in [2.45, 2.75) is 13.5 Å². The van der Waals surface area contributed by atoms with Crippen LogP contribution in [-0.2, 0) is 11.3 Å². The minimum absolute atomic E-state index is 0.170. The van der Waals surface area contributed by atoms with Crippen LogP contribution in [0.4, 0.5) is 5.69 Å². The van der Waals surface area contributed by atoms with Crippen LogP contribution in [0.2, 0.25) is 0 Å². The van der Waals surface area contributed by atoms with Crippen LogP contribution in [0.1, 0.15) is 21.5 Å². The molecule has 0 spiro atoms. The van der Waals surface area contributed by atoms with Gasteiger partial charge in [0, 0.05) is 12.7 Å². The molecular formula is C17H19NO3. The van der Waals surface area contributed by atoms with Crippen molar-refractivity contribution in [1.29, 1.82) is 0 Å². The van der Waals surface area contributed by atoms with Crippen LogP contribution in [0.25, 0.3) is 0 Å². The highest BCUT2D eigenvalue weighted by atomic mass is 16.5. The molecule has 0 radical (unpaired) electrons. The number of methoxy groups -OCH3 is 2. The molecule has 0 atom stereocenters. The molecule has 0 heterocycles. The summed E-state index contributed by atoms with van der Waals surface area (Å²) in [5.74, 6) is 0.471. The van der Waals surface area contributed by atoms with Gasteiger partial charge in [-0.25, -0.2) is 0 Å². The Morgan fingerprint density at radius 2 is 1.95 bits per heavy atom. The fourth-order valence-electron chi connectivity index (χ4n) is 2.08. The maximum absolute atomic E-state index is 12.3. The molecule has 0 aliphatic carbocycles. The zero-order valence-corrected chi connectivity index (χ0v) is 12.5. The molecule has 0 bridgehead atoms. The molecule has 1 N–H and O–H groups in total. The number of rotatable bonds is 5. The Bertz CT molecular complexity index is 638. The third-order valence-corrected chi connectivity index (χ3v) is 3.10. The van der Waals surface area contributed by atoms with Crippen LogP contribution in [-0.4, -0.2) is 20.1 Å². The largest absolute Gasteiger partial charge is 0.495 e. The second kappa shape index (κ2) is 6.90. The minimum atomic E-state index is -0.170. The molecule has 0 unspecified atom stereocenters. The van der Waals surface area contributed by atoms with Gasteiger partial charge in [0.05, 0.1) is 19.4 Å². The molecule has 2 rings (SSSR count). The topological polar surface area (TPSA) is 47.6 Å². The molecule has 0 fully saturated rings. The van der Waals surface area contributed by atoms with E-state index in [0.29, 0.717) is 23.6 Å². The number of amides is 1. The molecule has 1 amide bonds. The van der Waals surface area contributed by atoms with E-state index in [2.05, 4.69) is 5.32 Å². The first-order valence-electron chi connectivity index (χ1n) is 6.68. The Hall–Kier alpha value is -2.33. The van der Waals surface area contributed by atoms with E-state index in [1.165, 1.54) is 0 Å². The van der Waals surface area contributed by atoms with E-state index < -0.39 is 0 Å². The van der Waals surface area contributed by atoms with Crippen molar-refractivity contribution in [2.75, 3.05) is 19.5 Å². The van der Waals surface area contributed by atoms with Crippen LogP contribution >= 0.6 is 0 Å². The summed E-state index contributed by atoms with van der Waals surface area (Å²) < 4.78 is 10.3. The number of hydrogen-bond acceptors (Lipinski definition) is 3. The molecule has 4 nitrogen and oxygen atoms in total. The van der Waals surface area contributed by atoms with Gasteiger partial charge in [-0.3, -0.25) is 4.79 Å². The molecule has 21 heavy (non-hydrogen) atoms. The number of hydrogen-bond donors (Lipinski definition) is 1. The van der Waals surface area contributed by atoms with Crippen LogP contribution in [0.5, 0.6) is 5.75 Å². The molecule has 0 aromatic heterocycles. The van der Waals surface area contributed by atoms with Crippen LogP contribution < -0.4 is 10.1 Å². The number of ether oxygens (including phenoxy) is 2. The fourth-order valence-corrected chi connectivity index (χ4v) is 2.08. The molecule has 4 heteroatoms. The number of aryl methyl sites for hydroxylation is 1. The van der Waals surface area contributed by atoms with Crippen LogP contribution in [0, 0.1) is 6.92 Å². The summed E-state index contributed by atoms with van der Waals surface area (Å²) in [5.41, 5.74) is 3.27. The Labute approximate surface area is 124 Å². The Kier molecular flexibility index (Phi) is 4.95. The van der Waals surface area contributed by atoms with Gasteiger partial charge < -0.3 is 14.8 Å². The van der Waals surface area contributed by atoms with Crippen LogP contribution in [0.3, 0.4) is 0 Å². The maximum atomic E-state index is 12.3. The third kappa shape index (κ3) is 3.83. The summed E-state index contributed by atoms with van der Waals surface area (Å²) in [6.07, 6.45) is 0. The molecule has 0 aliphatic heterocycles. The summed E-state index contributed by atoms with van der Waals surface area (Å²) in [7, 11) is 3.21.